The molecule has 1 aliphatic rings. The maximum absolute atomic E-state index is 13.3. The van der Waals surface area contributed by atoms with E-state index in [4.69, 9.17) is 0 Å². The molecule has 0 fully saturated rings. The molecule has 1 N–H and O–H groups in total. The van der Waals surface area contributed by atoms with E-state index in [1.807, 2.05) is 0 Å². The topological polar surface area (TPSA) is 73.2 Å². The Morgan fingerprint density at radius 3 is 2.62 bits per heavy atom. The quantitative estimate of drug-likeness (QED) is 0.909. The minimum atomic E-state index is -4.80. The minimum absolute atomic E-state index is 0.0443. The highest BCUT2D eigenvalue weighted by Crippen LogP contribution is 2.38. The summed E-state index contributed by atoms with van der Waals surface area (Å²) in [5, 5.41) is 1.50. The Morgan fingerprint density at radius 1 is 1.48 bits per heavy atom. The van der Waals surface area contributed by atoms with E-state index in [2.05, 4.69) is 15.4 Å². The number of nitrogens with zero attached hydrogens (tertiary/aromatic N) is 2. The second-order valence-corrected chi connectivity index (χ2v) is 6.51. The third kappa shape index (κ3) is 2.77. The summed E-state index contributed by atoms with van der Waals surface area (Å²) in [4.78, 5) is 4.56. The van der Waals surface area contributed by atoms with E-state index >= 15 is 0 Å². The predicted molar refractivity (Wildman–Crippen MR) is 66.5 cm³/mol. The molecule has 1 unspecified atom stereocenters. The van der Waals surface area contributed by atoms with Gasteiger partial charge in [0.05, 0.1) is 5.69 Å². The lowest BCUT2D eigenvalue weighted by molar-refractivity contribution is -0.140. The number of nitrogens with one attached hydrogen (secondary N) is 1. The normalized spacial score (nSPS) is 19.0. The summed E-state index contributed by atoms with van der Waals surface area (Å²) in [7, 11) is -3.14. The van der Waals surface area contributed by atoms with Crippen LogP contribution in [0.15, 0.2) is 17.4 Å². The van der Waals surface area contributed by atoms with Gasteiger partial charge in [0.25, 0.3) is 0 Å². The second-order valence-electron chi connectivity index (χ2n) is 4.53. The molecule has 1 aromatic rings. The van der Waals surface area contributed by atoms with Crippen LogP contribution in [0.25, 0.3) is 0 Å². The van der Waals surface area contributed by atoms with Crippen molar-refractivity contribution in [3.8, 4) is 0 Å². The smallest absolute Gasteiger partial charge is 0.415 e. The lowest BCUT2D eigenvalue weighted by Gasteiger charge is -2.14. The fraction of sp³-hybridized carbons (Fsp3) is 0.545. The van der Waals surface area contributed by atoms with Gasteiger partial charge in [0.1, 0.15) is 11.8 Å². The number of alkyl halides is 3. The average molecular weight is 325 g/mol. The molecule has 2 heterocycles. The van der Waals surface area contributed by atoms with E-state index < -0.39 is 32.0 Å². The van der Waals surface area contributed by atoms with Crippen LogP contribution in [0.1, 0.15) is 24.6 Å². The van der Waals surface area contributed by atoms with Gasteiger partial charge in [-0.2, -0.15) is 18.3 Å². The van der Waals surface area contributed by atoms with E-state index in [-0.39, 0.29) is 12.1 Å². The third-order valence-corrected chi connectivity index (χ3v) is 4.88. The molecule has 1 aromatic heterocycles. The molecule has 0 bridgehead atoms. The molecule has 118 valence electrons. The third-order valence-electron chi connectivity index (χ3n) is 2.95. The van der Waals surface area contributed by atoms with Crippen LogP contribution in [0.3, 0.4) is 0 Å². The Kier molecular flexibility index (Phi) is 4.02. The Balaban J connectivity index is 2.65. The monoisotopic (exact) mass is 325 g/mol. The van der Waals surface area contributed by atoms with Crippen molar-refractivity contribution in [3.05, 3.63) is 23.6 Å². The molecule has 1 aliphatic heterocycles. The van der Waals surface area contributed by atoms with Crippen molar-refractivity contribution in [2.45, 2.75) is 36.3 Å². The maximum Gasteiger partial charge on any atom is 0.421 e. The second kappa shape index (κ2) is 5.34. The van der Waals surface area contributed by atoms with Crippen LogP contribution in [0.5, 0.6) is 0 Å². The Labute approximate surface area is 119 Å². The van der Waals surface area contributed by atoms with Crippen molar-refractivity contribution in [2.24, 2.45) is 7.05 Å². The first-order valence-electron chi connectivity index (χ1n) is 6.14. The molecule has 0 saturated carbocycles. The molecule has 10 heteroatoms. The first-order valence-corrected chi connectivity index (χ1v) is 7.69. The van der Waals surface area contributed by atoms with Crippen LogP contribution in [0, 0.1) is 0 Å². The zero-order valence-electron chi connectivity index (χ0n) is 11.3. The first-order chi connectivity index (χ1) is 9.69. The maximum atomic E-state index is 13.3. The first kappa shape index (κ1) is 15.8. The summed E-state index contributed by atoms with van der Waals surface area (Å²) in [6, 6.07) is 0. The molecular formula is C11H14F3N3O3S. The molecule has 0 amide bonds. The Bertz CT molecular complexity index is 664. The van der Waals surface area contributed by atoms with Crippen molar-refractivity contribution >= 4 is 9.84 Å². The van der Waals surface area contributed by atoms with Crippen LogP contribution < -0.4 is 5.48 Å². The highest BCUT2D eigenvalue weighted by molar-refractivity contribution is 7.92. The number of aromatic nitrogens is 2. The van der Waals surface area contributed by atoms with E-state index in [1.165, 1.54) is 7.05 Å². The number of hydrogen-bond acceptors (Lipinski definition) is 5. The zero-order chi connectivity index (χ0) is 15.8. The summed E-state index contributed by atoms with van der Waals surface area (Å²) >= 11 is 0. The van der Waals surface area contributed by atoms with Gasteiger partial charge in [-0.1, -0.05) is 13.3 Å². The number of hydrogen-bond donors (Lipinski definition) is 1. The predicted octanol–water partition coefficient (Wildman–Crippen LogP) is 1.54. The number of rotatable bonds is 4. The van der Waals surface area contributed by atoms with Gasteiger partial charge in [0.15, 0.2) is 10.4 Å². The van der Waals surface area contributed by atoms with Crippen LogP contribution in [-0.4, -0.2) is 23.6 Å². The molecule has 0 aromatic carbocycles. The van der Waals surface area contributed by atoms with Gasteiger partial charge in [0, 0.05) is 7.05 Å². The van der Waals surface area contributed by atoms with Gasteiger partial charge in [0.2, 0.25) is 9.84 Å². The average Bonchev–Trinajstić information content (AvgIpc) is 2.96. The highest BCUT2D eigenvalue weighted by Gasteiger charge is 2.45. The standard InChI is InChI=1S/C11H14F3N3O3S/c1-3-4-7-9(11(12,13)14)10(17(2)15-7)21(18,19)8-5-6-20-16-8/h5-6,8,16H,3-4H2,1-2H3. The molecule has 6 nitrogen and oxygen atoms in total. The number of aryl methyl sites for hydroxylation is 2. The van der Waals surface area contributed by atoms with Crippen molar-refractivity contribution in [1.29, 1.82) is 0 Å². The van der Waals surface area contributed by atoms with Gasteiger partial charge >= 0.3 is 6.18 Å². The fourth-order valence-corrected chi connectivity index (χ4v) is 3.75. The molecule has 0 aliphatic carbocycles. The molecule has 0 radical (unpaired) electrons. The lowest BCUT2D eigenvalue weighted by Crippen LogP contribution is -2.33. The largest absolute Gasteiger partial charge is 0.421 e. The summed E-state index contributed by atoms with van der Waals surface area (Å²) in [5.74, 6) is 0. The van der Waals surface area contributed by atoms with Crippen molar-refractivity contribution in [1.82, 2.24) is 15.3 Å². The van der Waals surface area contributed by atoms with Crippen LogP contribution in [0.2, 0.25) is 0 Å². The summed E-state index contributed by atoms with van der Waals surface area (Å²) in [5.41, 5.74) is 0.665. The Hall–Kier alpha value is -1.55. The lowest BCUT2D eigenvalue weighted by atomic mass is 10.1. The molecular weight excluding hydrogens is 311 g/mol. The summed E-state index contributed by atoms with van der Waals surface area (Å²) in [6.07, 6.45) is -2.14. The number of sulfone groups is 1. The van der Waals surface area contributed by atoms with E-state index in [1.54, 1.807) is 6.92 Å². The van der Waals surface area contributed by atoms with Crippen molar-refractivity contribution in [2.75, 3.05) is 0 Å². The molecule has 2 rings (SSSR count). The van der Waals surface area contributed by atoms with Crippen molar-refractivity contribution in [3.63, 3.8) is 0 Å². The van der Waals surface area contributed by atoms with Gasteiger partial charge in [-0.25, -0.2) is 8.42 Å². The summed E-state index contributed by atoms with van der Waals surface area (Å²) in [6.45, 7) is 1.69. The zero-order valence-corrected chi connectivity index (χ0v) is 12.1. The summed E-state index contributed by atoms with van der Waals surface area (Å²) < 4.78 is 65.4. The molecule has 0 saturated heterocycles. The number of hydroxylamine groups is 1. The van der Waals surface area contributed by atoms with Gasteiger partial charge in [-0.15, -0.1) is 5.48 Å². The SMILES string of the molecule is CCCc1nn(C)c(S(=O)(=O)C2C=CON2)c1C(F)(F)F. The van der Waals surface area contributed by atoms with E-state index in [0.717, 1.165) is 17.0 Å². The number of halogens is 3. The van der Waals surface area contributed by atoms with Gasteiger partial charge in [-0.3, -0.25) is 4.68 Å². The molecule has 0 spiro atoms. The minimum Gasteiger partial charge on any atom is -0.415 e. The van der Waals surface area contributed by atoms with Gasteiger partial charge < -0.3 is 4.84 Å². The van der Waals surface area contributed by atoms with Crippen LogP contribution in [0.4, 0.5) is 13.2 Å². The fourth-order valence-electron chi connectivity index (χ4n) is 2.13. The van der Waals surface area contributed by atoms with Gasteiger partial charge in [-0.05, 0) is 12.5 Å². The van der Waals surface area contributed by atoms with E-state index in [9.17, 15) is 21.6 Å². The van der Waals surface area contributed by atoms with E-state index in [0.29, 0.717) is 6.42 Å². The van der Waals surface area contributed by atoms with Crippen LogP contribution in [-0.2, 0) is 34.3 Å². The highest BCUT2D eigenvalue weighted by atomic mass is 32.2. The molecule has 1 atom stereocenters. The Morgan fingerprint density at radius 2 is 2.14 bits per heavy atom. The van der Waals surface area contributed by atoms with Crippen molar-refractivity contribution < 1.29 is 26.4 Å². The molecule has 21 heavy (non-hydrogen) atoms. The van der Waals surface area contributed by atoms with Crippen LogP contribution >= 0.6 is 0 Å².